The molecule has 0 amide bonds. The molecule has 0 aliphatic rings. The van der Waals surface area contributed by atoms with Crippen LogP contribution in [0.5, 0.6) is 0 Å². The minimum atomic E-state index is -9.19. The van der Waals surface area contributed by atoms with Crippen molar-refractivity contribution in [2.75, 3.05) is 27.2 Å². The number of unbranched alkanes of at least 4 members (excludes halogenated alkanes) is 1. The molecule has 0 aromatic rings. The number of nitrogens with zero attached hydrogens (tertiary/aromatic N) is 1. The second-order valence-electron chi connectivity index (χ2n) is 9.47. The van der Waals surface area contributed by atoms with Gasteiger partial charge >= 0.3 is 65.4 Å². The Morgan fingerprint density at radius 1 is 0.500 bits per heavy atom. The van der Waals surface area contributed by atoms with Crippen LogP contribution in [-0.4, -0.2) is 102 Å². The SMILES string of the molecule is C[N+](C)(CCCCC(F)(F)C(F)(F)C(F)(F)C(F)(F)C(F)(F)C(F)(F)C(F)(F)C(F)(F)C(F)(F)C(F)(F)F)CC(=O)O. The van der Waals surface area contributed by atoms with Gasteiger partial charge in [0.1, 0.15) is 0 Å². The largest absolute Gasteiger partial charge is 0.477 e. The zero-order valence-corrected chi connectivity index (χ0v) is 20.3. The Labute approximate surface area is 219 Å². The highest BCUT2D eigenvalue weighted by Gasteiger charge is 2.97. The highest BCUT2D eigenvalue weighted by atomic mass is 19.4. The molecule has 0 bridgehead atoms. The van der Waals surface area contributed by atoms with Crippen molar-refractivity contribution < 1.29 is 107 Å². The number of hydrogen-bond donors (Lipinski definition) is 1. The van der Waals surface area contributed by atoms with Gasteiger partial charge in [0.05, 0.1) is 20.6 Å². The normalized spacial score (nSPS) is 16.2. The molecule has 42 heavy (non-hydrogen) atoms. The molecule has 0 spiro atoms. The van der Waals surface area contributed by atoms with E-state index in [4.69, 9.17) is 5.11 Å². The van der Waals surface area contributed by atoms with Crippen molar-refractivity contribution >= 4 is 5.97 Å². The number of alkyl halides is 21. The molecule has 0 atom stereocenters. The van der Waals surface area contributed by atoms with Crippen LogP contribution in [0.1, 0.15) is 19.3 Å². The number of likely N-dealkylation sites (N-methyl/N-ethyl adjacent to an activating group) is 1. The lowest BCUT2D eigenvalue weighted by atomic mass is 9.85. The number of carboxylic acids is 1. The van der Waals surface area contributed by atoms with Gasteiger partial charge in [-0.25, -0.2) is 4.79 Å². The monoisotopic (exact) mass is 678 g/mol. The lowest BCUT2D eigenvalue weighted by Gasteiger charge is -2.44. The molecular weight excluding hydrogens is 661 g/mol. The minimum Gasteiger partial charge on any atom is -0.477 e. The predicted molar refractivity (Wildman–Crippen MR) is 93.9 cm³/mol. The van der Waals surface area contributed by atoms with Gasteiger partial charge in [0, 0.05) is 6.42 Å². The van der Waals surface area contributed by atoms with Crippen LogP contribution < -0.4 is 0 Å². The van der Waals surface area contributed by atoms with Crippen LogP contribution in [0.4, 0.5) is 92.2 Å². The Morgan fingerprint density at radius 2 is 0.786 bits per heavy atom. The molecule has 0 saturated carbocycles. The maximum Gasteiger partial charge on any atom is 0.460 e. The Hall–Kier alpha value is -2.04. The molecule has 24 heteroatoms. The van der Waals surface area contributed by atoms with Gasteiger partial charge in [-0.1, -0.05) is 0 Å². The van der Waals surface area contributed by atoms with Crippen LogP contribution in [0.15, 0.2) is 0 Å². The molecule has 0 fully saturated rings. The first-order valence-corrected chi connectivity index (χ1v) is 10.4. The van der Waals surface area contributed by atoms with Gasteiger partial charge in [0.2, 0.25) is 0 Å². The van der Waals surface area contributed by atoms with Crippen LogP contribution >= 0.6 is 0 Å². The maximum atomic E-state index is 13.9. The van der Waals surface area contributed by atoms with E-state index in [2.05, 4.69) is 0 Å². The van der Waals surface area contributed by atoms with Gasteiger partial charge in [-0.3, -0.25) is 0 Å². The van der Waals surface area contributed by atoms with Crippen molar-refractivity contribution in [1.82, 2.24) is 0 Å². The Bertz CT molecular complexity index is 969. The molecule has 1 N–H and O–H groups in total. The quantitative estimate of drug-likeness (QED) is 0.110. The third-order valence-corrected chi connectivity index (χ3v) is 5.64. The van der Waals surface area contributed by atoms with E-state index in [9.17, 15) is 97.0 Å². The first-order chi connectivity index (χ1) is 17.9. The number of carbonyl (C=O) groups is 1. The standard InChI is InChI=1S/C18H16F21NO2/c1-40(2,7-8(41)42)6-4-3-5-9(19,20)10(21,22)11(23,24)12(25,26)13(27,28)14(29,30)15(31,32)16(33,34)17(35,36)18(37,38)39/h3-7H2,1-2H3/p+1. The molecule has 0 heterocycles. The summed E-state index contributed by atoms with van der Waals surface area (Å²) in [6.45, 7) is -1.28. The summed E-state index contributed by atoms with van der Waals surface area (Å²) in [5.74, 6) is -78.5. The van der Waals surface area contributed by atoms with Crippen molar-refractivity contribution in [2.24, 2.45) is 0 Å². The van der Waals surface area contributed by atoms with E-state index in [-0.39, 0.29) is 0 Å². The van der Waals surface area contributed by atoms with Gasteiger partial charge < -0.3 is 9.59 Å². The summed E-state index contributed by atoms with van der Waals surface area (Å²) in [5, 5.41) is 8.62. The fourth-order valence-corrected chi connectivity index (χ4v) is 3.08. The van der Waals surface area contributed by atoms with Gasteiger partial charge in [0.15, 0.2) is 6.54 Å². The summed E-state index contributed by atoms with van der Waals surface area (Å²) in [6.07, 6.45) is -13.0. The third-order valence-electron chi connectivity index (χ3n) is 5.64. The summed E-state index contributed by atoms with van der Waals surface area (Å²) in [5.41, 5.74) is 0. The lowest BCUT2D eigenvalue weighted by Crippen LogP contribution is -2.76. The van der Waals surface area contributed by atoms with Crippen LogP contribution in [0.25, 0.3) is 0 Å². The topological polar surface area (TPSA) is 37.3 Å². The van der Waals surface area contributed by atoms with Crippen molar-refractivity contribution in [2.45, 2.75) is 78.7 Å². The molecule has 252 valence electrons. The van der Waals surface area contributed by atoms with E-state index < -0.39 is 102 Å². The molecule has 0 aliphatic carbocycles. The van der Waals surface area contributed by atoms with Gasteiger partial charge in [0.25, 0.3) is 0 Å². The molecule has 0 aromatic carbocycles. The smallest absolute Gasteiger partial charge is 0.460 e. The van der Waals surface area contributed by atoms with E-state index in [0.717, 1.165) is 14.1 Å². The van der Waals surface area contributed by atoms with E-state index in [1.165, 1.54) is 0 Å². The molecule has 0 aliphatic heterocycles. The zero-order chi connectivity index (χ0) is 34.6. The lowest BCUT2D eigenvalue weighted by molar-refractivity contribution is -0.883. The van der Waals surface area contributed by atoms with Crippen molar-refractivity contribution in [3.05, 3.63) is 0 Å². The molecule has 0 rings (SSSR count). The number of halogens is 21. The summed E-state index contributed by atoms with van der Waals surface area (Å²) >= 11 is 0. The van der Waals surface area contributed by atoms with Crippen LogP contribution in [0, 0.1) is 0 Å². The number of carboxylic acid groups (broad SMARTS) is 1. The summed E-state index contributed by atoms with van der Waals surface area (Å²) in [7, 11) is 2.20. The molecule has 0 saturated heterocycles. The molecule has 0 aromatic heterocycles. The highest BCUT2D eigenvalue weighted by molar-refractivity contribution is 5.67. The van der Waals surface area contributed by atoms with Crippen molar-refractivity contribution in [1.29, 1.82) is 0 Å². The van der Waals surface area contributed by atoms with Crippen molar-refractivity contribution in [3.8, 4) is 0 Å². The van der Waals surface area contributed by atoms with Crippen LogP contribution in [0.2, 0.25) is 0 Å². The van der Waals surface area contributed by atoms with E-state index in [1.54, 1.807) is 0 Å². The average Bonchev–Trinajstić information content (AvgIpc) is 2.73. The summed E-state index contributed by atoms with van der Waals surface area (Å²) in [6, 6.07) is 0. The van der Waals surface area contributed by atoms with E-state index in [1.807, 2.05) is 0 Å². The second-order valence-corrected chi connectivity index (χ2v) is 9.47. The summed E-state index contributed by atoms with van der Waals surface area (Å²) < 4.78 is 279. The van der Waals surface area contributed by atoms with Gasteiger partial charge in [-0.05, 0) is 12.8 Å². The Morgan fingerprint density at radius 3 is 1.07 bits per heavy atom. The summed E-state index contributed by atoms with van der Waals surface area (Å²) in [4.78, 5) is 10.6. The van der Waals surface area contributed by atoms with Crippen LogP contribution in [0.3, 0.4) is 0 Å². The van der Waals surface area contributed by atoms with Gasteiger partial charge in [-0.15, -0.1) is 0 Å². The number of hydrogen-bond acceptors (Lipinski definition) is 1. The fourth-order valence-electron chi connectivity index (χ4n) is 3.08. The van der Waals surface area contributed by atoms with E-state index in [0.29, 0.717) is 0 Å². The van der Waals surface area contributed by atoms with E-state index >= 15 is 0 Å². The molecule has 0 radical (unpaired) electrons. The van der Waals surface area contributed by atoms with Crippen molar-refractivity contribution in [3.63, 3.8) is 0 Å². The number of aliphatic carboxylic acids is 1. The minimum absolute atomic E-state index is 0.531. The maximum absolute atomic E-state index is 13.9. The first kappa shape index (κ1) is 40.0. The first-order valence-electron chi connectivity index (χ1n) is 10.4. The highest BCUT2D eigenvalue weighted by Crippen LogP contribution is 2.66. The molecule has 3 nitrogen and oxygen atoms in total. The molecule has 0 unspecified atom stereocenters. The predicted octanol–water partition coefficient (Wildman–Crippen LogP) is 7.60. The Balaban J connectivity index is 6.54. The number of rotatable bonds is 15. The Kier molecular flexibility index (Phi) is 10.3. The third kappa shape index (κ3) is 6.00. The zero-order valence-electron chi connectivity index (χ0n) is 20.3. The number of quaternary nitrogens is 1. The molecular formula is C18H17F21NO2+. The average molecular weight is 678 g/mol. The second kappa shape index (κ2) is 10.8. The fraction of sp³-hybridized carbons (Fsp3) is 0.944. The van der Waals surface area contributed by atoms with Crippen LogP contribution in [-0.2, 0) is 4.79 Å². The van der Waals surface area contributed by atoms with Gasteiger partial charge in [-0.2, -0.15) is 92.2 Å².